The standard InChI is InChI=1S/C12H24N2O4/c1-10(2)7-14(6-5-13(3)4)11(15)8-18-9-12(16)17/h10H,5-9H2,1-4H3,(H,16,17). The van der Waals surface area contributed by atoms with Gasteiger partial charge in [-0.25, -0.2) is 4.79 Å². The predicted molar refractivity (Wildman–Crippen MR) is 68.4 cm³/mol. The average Bonchev–Trinajstić information content (AvgIpc) is 2.22. The van der Waals surface area contributed by atoms with Gasteiger partial charge in [0.25, 0.3) is 0 Å². The molecule has 0 heterocycles. The lowest BCUT2D eigenvalue weighted by Gasteiger charge is -2.26. The summed E-state index contributed by atoms with van der Waals surface area (Å²) in [4.78, 5) is 25.9. The van der Waals surface area contributed by atoms with Crippen LogP contribution in [0, 0.1) is 5.92 Å². The van der Waals surface area contributed by atoms with Gasteiger partial charge in [0.15, 0.2) is 0 Å². The Morgan fingerprint density at radius 1 is 1.17 bits per heavy atom. The van der Waals surface area contributed by atoms with Crippen molar-refractivity contribution >= 4 is 11.9 Å². The van der Waals surface area contributed by atoms with E-state index >= 15 is 0 Å². The normalized spacial score (nSPS) is 11.0. The Hall–Kier alpha value is -1.14. The molecule has 6 nitrogen and oxygen atoms in total. The van der Waals surface area contributed by atoms with Gasteiger partial charge in [-0.3, -0.25) is 4.79 Å². The number of rotatable bonds is 9. The summed E-state index contributed by atoms with van der Waals surface area (Å²) in [6, 6.07) is 0. The molecule has 0 saturated heterocycles. The molecule has 0 spiro atoms. The Balaban J connectivity index is 4.17. The average molecular weight is 260 g/mol. The van der Waals surface area contributed by atoms with Gasteiger partial charge in [-0.05, 0) is 20.0 Å². The van der Waals surface area contributed by atoms with E-state index in [-0.39, 0.29) is 12.5 Å². The van der Waals surface area contributed by atoms with Crippen LogP contribution in [0.5, 0.6) is 0 Å². The maximum atomic E-state index is 11.9. The molecule has 1 N–H and O–H groups in total. The third-order valence-electron chi connectivity index (χ3n) is 2.21. The maximum Gasteiger partial charge on any atom is 0.329 e. The highest BCUT2D eigenvalue weighted by atomic mass is 16.5. The summed E-state index contributed by atoms with van der Waals surface area (Å²) in [6.45, 7) is 5.52. The number of carbonyl (C=O) groups is 2. The third kappa shape index (κ3) is 8.95. The predicted octanol–water partition coefficient (Wildman–Crippen LogP) is 0.134. The Kier molecular flexibility index (Phi) is 8.32. The molecule has 0 saturated carbocycles. The number of nitrogens with zero attached hydrogens (tertiary/aromatic N) is 2. The van der Waals surface area contributed by atoms with E-state index in [0.717, 1.165) is 6.54 Å². The molecule has 6 heteroatoms. The number of carboxylic acid groups (broad SMARTS) is 1. The minimum absolute atomic E-state index is 0.160. The Morgan fingerprint density at radius 3 is 2.22 bits per heavy atom. The van der Waals surface area contributed by atoms with Crippen molar-refractivity contribution in [2.24, 2.45) is 5.92 Å². The largest absolute Gasteiger partial charge is 0.480 e. The molecule has 0 fully saturated rings. The molecule has 0 atom stereocenters. The molecule has 0 aromatic rings. The monoisotopic (exact) mass is 260 g/mol. The number of carboxylic acids is 1. The first kappa shape index (κ1) is 16.9. The van der Waals surface area contributed by atoms with Gasteiger partial charge in [0.1, 0.15) is 13.2 Å². The number of hydrogen-bond acceptors (Lipinski definition) is 4. The molecule has 0 aliphatic rings. The van der Waals surface area contributed by atoms with Gasteiger partial charge in [-0.15, -0.1) is 0 Å². The second-order valence-corrected chi connectivity index (χ2v) is 4.92. The fourth-order valence-corrected chi connectivity index (χ4v) is 1.40. The highest BCUT2D eigenvalue weighted by Crippen LogP contribution is 2.00. The van der Waals surface area contributed by atoms with Gasteiger partial charge in [-0.1, -0.05) is 13.8 Å². The topological polar surface area (TPSA) is 70.1 Å². The van der Waals surface area contributed by atoms with E-state index in [0.29, 0.717) is 19.0 Å². The van der Waals surface area contributed by atoms with E-state index in [2.05, 4.69) is 0 Å². The van der Waals surface area contributed by atoms with Crippen molar-refractivity contribution in [2.75, 3.05) is 46.9 Å². The molecule has 18 heavy (non-hydrogen) atoms. The zero-order chi connectivity index (χ0) is 14.1. The number of carbonyl (C=O) groups excluding carboxylic acids is 1. The van der Waals surface area contributed by atoms with E-state index in [1.165, 1.54) is 0 Å². The summed E-state index contributed by atoms with van der Waals surface area (Å²) < 4.78 is 4.82. The van der Waals surface area contributed by atoms with Crippen LogP contribution in [0.2, 0.25) is 0 Å². The van der Waals surface area contributed by atoms with Gasteiger partial charge in [0.05, 0.1) is 0 Å². The molecular weight excluding hydrogens is 236 g/mol. The number of likely N-dealkylation sites (N-methyl/N-ethyl adjacent to an activating group) is 1. The fraction of sp³-hybridized carbons (Fsp3) is 0.833. The van der Waals surface area contributed by atoms with E-state index in [4.69, 9.17) is 9.84 Å². The lowest BCUT2D eigenvalue weighted by Crippen LogP contribution is -2.41. The molecule has 0 aliphatic carbocycles. The van der Waals surface area contributed by atoms with Crippen molar-refractivity contribution in [3.8, 4) is 0 Å². The van der Waals surface area contributed by atoms with Crippen molar-refractivity contribution < 1.29 is 19.4 Å². The third-order valence-corrected chi connectivity index (χ3v) is 2.21. The molecular formula is C12H24N2O4. The number of amides is 1. The molecule has 0 bridgehead atoms. The van der Waals surface area contributed by atoms with E-state index in [9.17, 15) is 9.59 Å². The van der Waals surface area contributed by atoms with Crippen LogP contribution in [0.25, 0.3) is 0 Å². The summed E-state index contributed by atoms with van der Waals surface area (Å²) in [5.41, 5.74) is 0. The van der Waals surface area contributed by atoms with Crippen LogP contribution in [0.1, 0.15) is 13.8 Å². The van der Waals surface area contributed by atoms with Gasteiger partial charge in [0, 0.05) is 19.6 Å². The molecule has 0 unspecified atom stereocenters. The van der Waals surface area contributed by atoms with Crippen molar-refractivity contribution in [1.29, 1.82) is 0 Å². The molecule has 0 aromatic heterocycles. The molecule has 0 aliphatic heterocycles. The van der Waals surface area contributed by atoms with Gasteiger partial charge in [-0.2, -0.15) is 0 Å². The van der Waals surface area contributed by atoms with E-state index < -0.39 is 12.6 Å². The Labute approximate surface area is 109 Å². The smallest absolute Gasteiger partial charge is 0.329 e. The fourth-order valence-electron chi connectivity index (χ4n) is 1.40. The van der Waals surface area contributed by atoms with Gasteiger partial charge < -0.3 is 19.6 Å². The first-order valence-corrected chi connectivity index (χ1v) is 6.05. The quantitative estimate of drug-likeness (QED) is 0.638. The number of ether oxygens (including phenoxy) is 1. The van der Waals surface area contributed by atoms with Crippen LogP contribution in [0.15, 0.2) is 0 Å². The van der Waals surface area contributed by atoms with Crippen LogP contribution in [-0.2, 0) is 14.3 Å². The van der Waals surface area contributed by atoms with Gasteiger partial charge >= 0.3 is 5.97 Å². The van der Waals surface area contributed by atoms with Crippen molar-refractivity contribution in [3.05, 3.63) is 0 Å². The Bertz CT molecular complexity index is 267. The highest BCUT2D eigenvalue weighted by Gasteiger charge is 2.15. The minimum Gasteiger partial charge on any atom is -0.480 e. The first-order chi connectivity index (χ1) is 8.32. The molecule has 0 radical (unpaired) electrons. The first-order valence-electron chi connectivity index (χ1n) is 6.05. The maximum absolute atomic E-state index is 11.9. The van der Waals surface area contributed by atoms with Crippen LogP contribution < -0.4 is 0 Å². The van der Waals surface area contributed by atoms with Gasteiger partial charge in [0.2, 0.25) is 5.91 Å². The molecule has 0 aromatic carbocycles. The van der Waals surface area contributed by atoms with Crippen LogP contribution in [0.4, 0.5) is 0 Å². The Morgan fingerprint density at radius 2 is 1.78 bits per heavy atom. The summed E-state index contributed by atoms with van der Waals surface area (Å²) in [5, 5.41) is 8.43. The highest BCUT2D eigenvalue weighted by molar-refractivity contribution is 5.78. The zero-order valence-corrected chi connectivity index (χ0v) is 11.7. The van der Waals surface area contributed by atoms with Crippen LogP contribution in [-0.4, -0.2) is 73.7 Å². The minimum atomic E-state index is -1.06. The van der Waals surface area contributed by atoms with E-state index in [1.54, 1.807) is 4.90 Å². The SMILES string of the molecule is CC(C)CN(CCN(C)C)C(=O)COCC(=O)O. The van der Waals surface area contributed by atoms with Crippen molar-refractivity contribution in [3.63, 3.8) is 0 Å². The number of hydrogen-bond donors (Lipinski definition) is 1. The second-order valence-electron chi connectivity index (χ2n) is 4.92. The lowest BCUT2D eigenvalue weighted by atomic mass is 10.2. The molecule has 0 rings (SSSR count). The summed E-state index contributed by atoms with van der Waals surface area (Å²) in [7, 11) is 3.89. The summed E-state index contributed by atoms with van der Waals surface area (Å²) in [5.74, 6) is -0.853. The lowest BCUT2D eigenvalue weighted by molar-refractivity contribution is -0.146. The molecule has 1 amide bonds. The van der Waals surface area contributed by atoms with Crippen molar-refractivity contribution in [2.45, 2.75) is 13.8 Å². The second kappa shape index (κ2) is 8.88. The molecule has 106 valence electrons. The zero-order valence-electron chi connectivity index (χ0n) is 11.7. The number of aliphatic carboxylic acids is 1. The van der Waals surface area contributed by atoms with E-state index in [1.807, 2.05) is 32.8 Å². The summed E-state index contributed by atoms with van der Waals surface area (Å²) >= 11 is 0. The van der Waals surface area contributed by atoms with Crippen LogP contribution >= 0.6 is 0 Å². The van der Waals surface area contributed by atoms with Crippen LogP contribution in [0.3, 0.4) is 0 Å². The summed E-state index contributed by atoms with van der Waals surface area (Å²) in [6.07, 6.45) is 0. The van der Waals surface area contributed by atoms with Crippen molar-refractivity contribution in [1.82, 2.24) is 9.80 Å².